The molecule has 0 fully saturated rings. The molecule has 13 heteroatoms. The van der Waals surface area contributed by atoms with Crippen LogP contribution in [0.4, 0.5) is 0 Å². The maximum Gasteiger partial charge on any atom is 0.326 e. The molecule has 0 bridgehead atoms. The highest BCUT2D eigenvalue weighted by Gasteiger charge is 2.32. The summed E-state index contributed by atoms with van der Waals surface area (Å²) in [6.07, 6.45) is 2.65. The number of unbranched alkanes of at least 4 members (excludes halogenated alkanes) is 1. The number of nitrogens with zero attached hydrogens (tertiary/aromatic N) is 1. The van der Waals surface area contributed by atoms with Gasteiger partial charge in [0.2, 0.25) is 17.7 Å². The Labute approximate surface area is 213 Å². The third-order valence-electron chi connectivity index (χ3n) is 5.95. The van der Waals surface area contributed by atoms with Crippen LogP contribution >= 0.6 is 0 Å². The fourth-order valence-corrected chi connectivity index (χ4v) is 3.35. The lowest BCUT2D eigenvalue weighted by Crippen LogP contribution is -2.58. The first-order valence-electron chi connectivity index (χ1n) is 12.5. The van der Waals surface area contributed by atoms with Gasteiger partial charge in [0.15, 0.2) is 5.96 Å². The second kappa shape index (κ2) is 17.5. The summed E-state index contributed by atoms with van der Waals surface area (Å²) in [5.74, 6) is -3.41. The van der Waals surface area contributed by atoms with Gasteiger partial charge in [0.25, 0.3) is 0 Å². The molecule has 0 heterocycles. The van der Waals surface area contributed by atoms with Gasteiger partial charge >= 0.3 is 5.97 Å². The van der Waals surface area contributed by atoms with Gasteiger partial charge < -0.3 is 44.0 Å². The van der Waals surface area contributed by atoms with Crippen molar-refractivity contribution in [2.75, 3.05) is 13.1 Å². The maximum atomic E-state index is 13.2. The molecule has 0 aliphatic heterocycles. The number of aliphatic imine (C=N–C) groups is 1. The van der Waals surface area contributed by atoms with Crippen LogP contribution in [0.2, 0.25) is 0 Å². The normalized spacial score (nSPS) is 15.2. The third-order valence-corrected chi connectivity index (χ3v) is 5.95. The summed E-state index contributed by atoms with van der Waals surface area (Å²) in [6.45, 7) is 7.85. The zero-order chi connectivity index (χ0) is 27.8. The first-order valence-corrected chi connectivity index (χ1v) is 12.5. The number of hydrogen-bond acceptors (Lipinski definition) is 7. The molecule has 0 saturated carbocycles. The van der Waals surface area contributed by atoms with Crippen LogP contribution in [-0.2, 0) is 19.2 Å². The number of carboxylic acid groups (broad SMARTS) is 1. The van der Waals surface area contributed by atoms with Crippen molar-refractivity contribution in [3.63, 3.8) is 0 Å². The molecule has 0 saturated heterocycles. The molecule has 5 unspecified atom stereocenters. The van der Waals surface area contributed by atoms with Crippen molar-refractivity contribution in [1.82, 2.24) is 16.0 Å². The number of guanidine groups is 1. The molecular formula is C23H46N8O5. The largest absolute Gasteiger partial charge is 0.480 e. The first kappa shape index (κ1) is 33.1. The number of amides is 3. The minimum Gasteiger partial charge on any atom is -0.480 e. The molecule has 0 radical (unpaired) electrons. The molecule has 12 N–H and O–H groups in total. The highest BCUT2D eigenvalue weighted by Crippen LogP contribution is 2.09. The lowest BCUT2D eigenvalue weighted by molar-refractivity contribution is -0.142. The van der Waals surface area contributed by atoms with Gasteiger partial charge in [0, 0.05) is 6.54 Å². The van der Waals surface area contributed by atoms with Crippen molar-refractivity contribution >= 4 is 29.7 Å². The molecular weight excluding hydrogens is 468 g/mol. The van der Waals surface area contributed by atoms with E-state index in [0.29, 0.717) is 32.2 Å². The second-order valence-corrected chi connectivity index (χ2v) is 9.34. The van der Waals surface area contributed by atoms with Crippen LogP contribution in [0.15, 0.2) is 4.99 Å². The van der Waals surface area contributed by atoms with E-state index in [9.17, 15) is 24.3 Å². The van der Waals surface area contributed by atoms with Gasteiger partial charge in [-0.2, -0.15) is 0 Å². The highest BCUT2D eigenvalue weighted by atomic mass is 16.4. The average Bonchev–Trinajstić information content (AvgIpc) is 2.81. The number of carboxylic acids is 1. The monoisotopic (exact) mass is 514 g/mol. The van der Waals surface area contributed by atoms with E-state index in [2.05, 4.69) is 20.9 Å². The Balaban J connectivity index is 5.52. The van der Waals surface area contributed by atoms with Gasteiger partial charge in [0.1, 0.15) is 18.1 Å². The molecule has 0 aromatic rings. The average molecular weight is 515 g/mol. The van der Waals surface area contributed by atoms with Crippen LogP contribution in [-0.4, -0.2) is 72.0 Å². The van der Waals surface area contributed by atoms with E-state index in [1.165, 1.54) is 0 Å². The molecule has 0 rings (SSSR count). The van der Waals surface area contributed by atoms with Crippen LogP contribution in [0.3, 0.4) is 0 Å². The Bertz CT molecular complexity index is 742. The summed E-state index contributed by atoms with van der Waals surface area (Å²) in [7, 11) is 0. The maximum absolute atomic E-state index is 13.2. The summed E-state index contributed by atoms with van der Waals surface area (Å²) in [4.78, 5) is 54.2. The molecule has 13 nitrogen and oxygen atoms in total. The zero-order valence-electron chi connectivity index (χ0n) is 22.0. The molecule has 36 heavy (non-hydrogen) atoms. The van der Waals surface area contributed by atoms with E-state index >= 15 is 0 Å². The van der Waals surface area contributed by atoms with Crippen molar-refractivity contribution in [1.29, 1.82) is 0 Å². The summed E-state index contributed by atoms with van der Waals surface area (Å²) in [6, 6.07) is -3.92. The standard InChI is InChI=1S/C23H46N8O5/c1-5-14(4)17(25)20(33)29-15(10-8-12-28-23(26)27)19(32)31-18(13(2)3)21(34)30-16(22(35)36)9-6-7-11-24/h13-18H,5-12,24-25H2,1-4H3,(H,29,33)(H,30,34)(H,31,32)(H,35,36)(H4,26,27,28). The summed E-state index contributed by atoms with van der Waals surface area (Å²) in [5.41, 5.74) is 22.2. The van der Waals surface area contributed by atoms with E-state index in [1.54, 1.807) is 13.8 Å². The Morgan fingerprint density at radius 2 is 1.44 bits per heavy atom. The van der Waals surface area contributed by atoms with Crippen molar-refractivity contribution in [3.8, 4) is 0 Å². The molecule has 0 aliphatic rings. The van der Waals surface area contributed by atoms with Crippen LogP contribution in [0.25, 0.3) is 0 Å². The number of aliphatic carboxylic acids is 1. The van der Waals surface area contributed by atoms with E-state index < -0.39 is 47.9 Å². The molecule has 5 atom stereocenters. The molecule has 0 aromatic heterocycles. The Hall–Kier alpha value is -2.93. The van der Waals surface area contributed by atoms with Crippen molar-refractivity contribution in [2.24, 2.45) is 39.8 Å². The Morgan fingerprint density at radius 1 is 0.861 bits per heavy atom. The van der Waals surface area contributed by atoms with E-state index in [4.69, 9.17) is 22.9 Å². The van der Waals surface area contributed by atoms with Crippen LogP contribution in [0, 0.1) is 11.8 Å². The molecule has 0 aromatic carbocycles. The van der Waals surface area contributed by atoms with Gasteiger partial charge in [-0.05, 0) is 50.5 Å². The van der Waals surface area contributed by atoms with E-state index in [1.807, 2.05) is 13.8 Å². The summed E-state index contributed by atoms with van der Waals surface area (Å²) < 4.78 is 0. The van der Waals surface area contributed by atoms with Gasteiger partial charge in [0.05, 0.1) is 6.04 Å². The van der Waals surface area contributed by atoms with Crippen LogP contribution < -0.4 is 38.9 Å². The first-order chi connectivity index (χ1) is 16.8. The fraction of sp³-hybridized carbons (Fsp3) is 0.783. The van der Waals surface area contributed by atoms with Crippen molar-refractivity contribution < 1.29 is 24.3 Å². The molecule has 0 spiro atoms. The second-order valence-electron chi connectivity index (χ2n) is 9.34. The number of hydrogen-bond donors (Lipinski definition) is 8. The Morgan fingerprint density at radius 3 is 1.94 bits per heavy atom. The van der Waals surface area contributed by atoms with Gasteiger partial charge in [-0.25, -0.2) is 4.79 Å². The highest BCUT2D eigenvalue weighted by molar-refractivity contribution is 5.94. The zero-order valence-corrected chi connectivity index (χ0v) is 22.0. The topological polar surface area (TPSA) is 241 Å². The molecule has 0 aliphatic carbocycles. The van der Waals surface area contributed by atoms with Crippen molar-refractivity contribution in [3.05, 3.63) is 0 Å². The quantitative estimate of drug-likeness (QED) is 0.0617. The fourth-order valence-electron chi connectivity index (χ4n) is 3.35. The SMILES string of the molecule is CCC(C)C(N)C(=O)NC(CCCN=C(N)N)C(=O)NC(C(=O)NC(CCCCN)C(=O)O)C(C)C. The predicted octanol–water partition coefficient (Wildman–Crippen LogP) is -1.26. The molecule has 208 valence electrons. The van der Waals surface area contributed by atoms with Gasteiger partial charge in [-0.15, -0.1) is 0 Å². The predicted molar refractivity (Wildman–Crippen MR) is 139 cm³/mol. The lowest BCUT2D eigenvalue weighted by Gasteiger charge is -2.27. The smallest absolute Gasteiger partial charge is 0.326 e. The number of carbonyl (C=O) groups is 4. The number of carbonyl (C=O) groups excluding carboxylic acids is 3. The van der Waals surface area contributed by atoms with Crippen LogP contribution in [0.1, 0.15) is 66.2 Å². The number of rotatable bonds is 18. The minimum atomic E-state index is -1.17. The van der Waals surface area contributed by atoms with Crippen molar-refractivity contribution in [2.45, 2.75) is 90.4 Å². The summed E-state index contributed by atoms with van der Waals surface area (Å²) >= 11 is 0. The van der Waals surface area contributed by atoms with Gasteiger partial charge in [-0.1, -0.05) is 34.1 Å². The lowest BCUT2D eigenvalue weighted by atomic mass is 9.98. The number of nitrogens with one attached hydrogen (secondary N) is 3. The van der Waals surface area contributed by atoms with Crippen LogP contribution in [0.5, 0.6) is 0 Å². The molecule has 3 amide bonds. The van der Waals surface area contributed by atoms with Gasteiger partial charge in [-0.3, -0.25) is 19.4 Å². The number of nitrogens with two attached hydrogens (primary N) is 4. The third kappa shape index (κ3) is 12.7. The van der Waals surface area contributed by atoms with E-state index in [0.717, 1.165) is 0 Å². The van der Waals surface area contributed by atoms with E-state index in [-0.39, 0.29) is 37.2 Å². The Kier molecular flexibility index (Phi) is 16.1. The minimum absolute atomic E-state index is 0.0881. The summed E-state index contributed by atoms with van der Waals surface area (Å²) in [5, 5.41) is 17.3.